The number of nitrogens with zero attached hydrogens (tertiary/aromatic N) is 2. The Bertz CT molecular complexity index is 726. The average molecular weight is 311 g/mol. The number of alkyl halides is 3. The number of hydrogen-bond acceptors (Lipinski definition) is 3. The lowest BCUT2D eigenvalue weighted by molar-refractivity contribution is -0.156. The molecule has 0 fully saturated rings. The summed E-state index contributed by atoms with van der Waals surface area (Å²) in [6, 6.07) is 4.12. The van der Waals surface area contributed by atoms with Gasteiger partial charge < -0.3 is 9.88 Å². The van der Waals surface area contributed by atoms with Gasteiger partial charge in [-0.15, -0.1) is 0 Å². The summed E-state index contributed by atoms with van der Waals surface area (Å²) in [7, 11) is 1.40. The summed E-state index contributed by atoms with van der Waals surface area (Å²) >= 11 is 0. The van der Waals surface area contributed by atoms with Crippen LogP contribution in [0.1, 0.15) is 22.1 Å². The molecule has 1 amide bonds. The number of aromatic nitrogens is 2. The van der Waals surface area contributed by atoms with Gasteiger partial charge in [0.1, 0.15) is 0 Å². The molecule has 5 nitrogen and oxygen atoms in total. The minimum Gasteiger partial charge on any atom is -0.335 e. The second-order valence-corrected chi connectivity index (χ2v) is 4.57. The Kier molecular flexibility index (Phi) is 4.30. The number of hydrogen-bond donors (Lipinski definition) is 1. The summed E-state index contributed by atoms with van der Waals surface area (Å²) in [5.74, 6) is -0.941. The van der Waals surface area contributed by atoms with E-state index in [9.17, 15) is 22.8 Å². The number of rotatable bonds is 3. The lowest BCUT2D eigenvalue weighted by Crippen LogP contribution is -2.39. The number of halogens is 3. The summed E-state index contributed by atoms with van der Waals surface area (Å²) in [6.45, 7) is 0. The molecule has 2 aromatic heterocycles. The second kappa shape index (κ2) is 6.00. The van der Waals surface area contributed by atoms with E-state index in [2.05, 4.69) is 4.98 Å². The molecule has 2 rings (SSSR count). The summed E-state index contributed by atoms with van der Waals surface area (Å²) in [5, 5.41) is 1.89. The first-order valence-corrected chi connectivity index (χ1v) is 6.24. The molecule has 0 bridgehead atoms. The van der Waals surface area contributed by atoms with Crippen LogP contribution in [0.2, 0.25) is 0 Å². The Labute approximate surface area is 123 Å². The predicted octanol–water partition coefficient (Wildman–Crippen LogP) is 1.81. The molecular weight excluding hydrogens is 299 g/mol. The normalized spacial score (nSPS) is 12.7. The molecule has 0 saturated carbocycles. The van der Waals surface area contributed by atoms with Gasteiger partial charge in [0.05, 0.1) is 11.3 Å². The molecule has 0 aliphatic rings. The van der Waals surface area contributed by atoms with E-state index >= 15 is 0 Å². The first kappa shape index (κ1) is 15.7. The van der Waals surface area contributed by atoms with Crippen LogP contribution < -0.4 is 10.9 Å². The van der Waals surface area contributed by atoms with Crippen molar-refractivity contribution in [2.75, 3.05) is 0 Å². The van der Waals surface area contributed by atoms with E-state index in [1.54, 1.807) is 0 Å². The van der Waals surface area contributed by atoms with E-state index in [1.807, 2.05) is 5.32 Å². The zero-order valence-corrected chi connectivity index (χ0v) is 11.5. The van der Waals surface area contributed by atoms with Crippen LogP contribution in [0.4, 0.5) is 13.2 Å². The van der Waals surface area contributed by atoms with Gasteiger partial charge >= 0.3 is 6.18 Å². The van der Waals surface area contributed by atoms with E-state index < -0.39 is 18.1 Å². The maximum Gasteiger partial charge on any atom is 0.414 e. The molecule has 0 spiro atoms. The molecule has 1 atom stereocenters. The summed E-state index contributed by atoms with van der Waals surface area (Å²) in [4.78, 5) is 26.9. The van der Waals surface area contributed by atoms with Gasteiger partial charge in [0, 0.05) is 25.5 Å². The monoisotopic (exact) mass is 311 g/mol. The summed E-state index contributed by atoms with van der Waals surface area (Å²) in [6.07, 6.45) is -2.30. The van der Waals surface area contributed by atoms with Crippen molar-refractivity contribution in [1.82, 2.24) is 14.9 Å². The van der Waals surface area contributed by atoms with Gasteiger partial charge in [0.15, 0.2) is 6.04 Å². The van der Waals surface area contributed by atoms with Crippen LogP contribution in [-0.4, -0.2) is 21.6 Å². The molecule has 1 N–H and O–H groups in total. The fourth-order valence-electron chi connectivity index (χ4n) is 1.81. The Balaban J connectivity index is 2.29. The molecule has 0 aliphatic carbocycles. The third-order valence-electron chi connectivity index (χ3n) is 2.93. The number of carbonyl (C=O) groups excluding carboxylic acids is 1. The van der Waals surface area contributed by atoms with Crippen molar-refractivity contribution in [3.05, 3.63) is 64.3 Å². The van der Waals surface area contributed by atoms with Gasteiger partial charge in [-0.25, -0.2) is 0 Å². The standard InChI is InChI=1S/C14H12F3N3O2/c1-20-8-9(5-6-11(20)21)13(22)19-12(14(15,16)17)10-4-2-3-7-18-10/h2-8,12H,1H3,(H,19,22)/t12-/m0/s1. The lowest BCUT2D eigenvalue weighted by atomic mass is 10.1. The highest BCUT2D eigenvalue weighted by Gasteiger charge is 2.42. The third kappa shape index (κ3) is 3.51. The first-order chi connectivity index (χ1) is 10.3. The average Bonchev–Trinajstić information content (AvgIpc) is 2.47. The third-order valence-corrected chi connectivity index (χ3v) is 2.93. The number of carbonyl (C=O) groups is 1. The van der Waals surface area contributed by atoms with Crippen LogP contribution in [0, 0.1) is 0 Å². The number of nitrogens with one attached hydrogen (secondary N) is 1. The molecule has 2 aromatic rings. The van der Waals surface area contributed by atoms with Crippen molar-refractivity contribution in [1.29, 1.82) is 0 Å². The van der Waals surface area contributed by atoms with E-state index in [0.29, 0.717) is 0 Å². The van der Waals surface area contributed by atoms with Crippen molar-refractivity contribution in [2.24, 2.45) is 7.05 Å². The number of aryl methyl sites for hydroxylation is 1. The molecule has 2 heterocycles. The molecule has 0 radical (unpaired) electrons. The fraction of sp³-hybridized carbons (Fsp3) is 0.214. The van der Waals surface area contributed by atoms with Crippen molar-refractivity contribution in [3.8, 4) is 0 Å². The van der Waals surface area contributed by atoms with Gasteiger partial charge in [-0.3, -0.25) is 14.6 Å². The minimum atomic E-state index is -4.69. The van der Waals surface area contributed by atoms with Crippen molar-refractivity contribution in [3.63, 3.8) is 0 Å². The van der Waals surface area contributed by atoms with E-state index in [1.165, 1.54) is 43.7 Å². The summed E-state index contributed by atoms with van der Waals surface area (Å²) < 4.78 is 40.5. The highest BCUT2D eigenvalue weighted by Crippen LogP contribution is 2.31. The van der Waals surface area contributed by atoms with Crippen LogP contribution >= 0.6 is 0 Å². The minimum absolute atomic E-state index is 0.0488. The van der Waals surface area contributed by atoms with Crippen LogP contribution in [0.25, 0.3) is 0 Å². The van der Waals surface area contributed by atoms with E-state index in [0.717, 1.165) is 10.6 Å². The van der Waals surface area contributed by atoms with Crippen molar-refractivity contribution < 1.29 is 18.0 Å². The van der Waals surface area contributed by atoms with Crippen LogP contribution in [0.15, 0.2) is 47.5 Å². The Morgan fingerprint density at radius 1 is 1.27 bits per heavy atom. The van der Waals surface area contributed by atoms with E-state index in [4.69, 9.17) is 0 Å². The molecule has 22 heavy (non-hydrogen) atoms. The SMILES string of the molecule is Cn1cc(C(=O)N[C@@H](c2ccccn2)C(F)(F)F)ccc1=O. The lowest BCUT2D eigenvalue weighted by Gasteiger charge is -2.21. The molecular formula is C14H12F3N3O2. The van der Waals surface area contributed by atoms with Gasteiger partial charge in [-0.05, 0) is 18.2 Å². The van der Waals surface area contributed by atoms with Crippen molar-refractivity contribution >= 4 is 5.91 Å². The molecule has 8 heteroatoms. The smallest absolute Gasteiger partial charge is 0.335 e. The second-order valence-electron chi connectivity index (χ2n) is 4.57. The Hall–Kier alpha value is -2.64. The quantitative estimate of drug-likeness (QED) is 0.940. The maximum atomic E-state index is 13.1. The molecule has 0 aromatic carbocycles. The number of pyridine rings is 2. The van der Waals surface area contributed by atoms with Gasteiger partial charge in [-0.2, -0.15) is 13.2 Å². The first-order valence-electron chi connectivity index (χ1n) is 6.24. The van der Waals surface area contributed by atoms with Gasteiger partial charge in [0.2, 0.25) is 5.56 Å². The predicted molar refractivity (Wildman–Crippen MR) is 72.2 cm³/mol. The summed E-state index contributed by atoms with van der Waals surface area (Å²) in [5.41, 5.74) is -0.728. The topological polar surface area (TPSA) is 64.0 Å². The Morgan fingerprint density at radius 3 is 2.55 bits per heavy atom. The molecule has 0 aliphatic heterocycles. The van der Waals surface area contributed by atoms with E-state index in [-0.39, 0.29) is 16.8 Å². The van der Waals surface area contributed by atoms with Gasteiger partial charge in [0.25, 0.3) is 5.91 Å². The molecule has 0 saturated heterocycles. The van der Waals surface area contributed by atoms with Crippen LogP contribution in [-0.2, 0) is 7.05 Å². The zero-order valence-electron chi connectivity index (χ0n) is 11.5. The highest BCUT2D eigenvalue weighted by molar-refractivity contribution is 5.94. The molecule has 116 valence electrons. The fourth-order valence-corrected chi connectivity index (χ4v) is 1.81. The zero-order chi connectivity index (χ0) is 16.3. The highest BCUT2D eigenvalue weighted by atomic mass is 19.4. The number of amides is 1. The molecule has 0 unspecified atom stereocenters. The van der Waals surface area contributed by atoms with Crippen molar-refractivity contribution in [2.45, 2.75) is 12.2 Å². The van der Waals surface area contributed by atoms with Gasteiger partial charge in [-0.1, -0.05) is 6.07 Å². The largest absolute Gasteiger partial charge is 0.414 e. The maximum absolute atomic E-state index is 13.1. The Morgan fingerprint density at radius 2 is 2.00 bits per heavy atom. The van der Waals surface area contributed by atoms with Crippen LogP contribution in [0.5, 0.6) is 0 Å². The van der Waals surface area contributed by atoms with Crippen LogP contribution in [0.3, 0.4) is 0 Å².